The fourth-order valence-electron chi connectivity index (χ4n) is 2.97. The Balaban J connectivity index is 1.91. The van der Waals surface area contributed by atoms with E-state index in [2.05, 4.69) is 30.5 Å². The van der Waals surface area contributed by atoms with Crippen molar-refractivity contribution in [2.75, 3.05) is 11.9 Å². The molecule has 0 aliphatic carbocycles. The van der Waals surface area contributed by atoms with Crippen LogP contribution in [0.4, 0.5) is 5.69 Å². The third-order valence-corrected chi connectivity index (χ3v) is 4.21. The van der Waals surface area contributed by atoms with Crippen LogP contribution in [0.5, 0.6) is 0 Å². The number of carbonyl (C=O) groups excluding carboxylic acids is 1. The highest BCUT2D eigenvalue weighted by Crippen LogP contribution is 2.25. The summed E-state index contributed by atoms with van der Waals surface area (Å²) in [6, 6.07) is 6.24. The van der Waals surface area contributed by atoms with Gasteiger partial charge in [-0.15, -0.1) is 0 Å². The Kier molecular flexibility index (Phi) is 6.09. The van der Waals surface area contributed by atoms with E-state index in [1.165, 1.54) is 31.2 Å². The van der Waals surface area contributed by atoms with Gasteiger partial charge in [0.05, 0.1) is 0 Å². The molecule has 3 heteroatoms. The van der Waals surface area contributed by atoms with Gasteiger partial charge in [-0.1, -0.05) is 38.7 Å². The largest absolute Gasteiger partial charge is 0.385 e. The van der Waals surface area contributed by atoms with E-state index >= 15 is 0 Å². The van der Waals surface area contributed by atoms with Crippen molar-refractivity contribution in [2.24, 2.45) is 0 Å². The van der Waals surface area contributed by atoms with Gasteiger partial charge in [0.15, 0.2) is 0 Å². The SMILES string of the molecule is CCCCCCC(C)NC(=O)c1cccc2c1CCCN2. The van der Waals surface area contributed by atoms with Crippen molar-refractivity contribution in [3.8, 4) is 0 Å². The van der Waals surface area contributed by atoms with Crippen molar-refractivity contribution in [2.45, 2.75) is 64.8 Å². The van der Waals surface area contributed by atoms with Crippen molar-refractivity contribution in [1.29, 1.82) is 0 Å². The van der Waals surface area contributed by atoms with Crippen LogP contribution in [0, 0.1) is 0 Å². The number of benzene rings is 1. The highest BCUT2D eigenvalue weighted by Gasteiger charge is 2.18. The Morgan fingerprint density at radius 3 is 3.00 bits per heavy atom. The molecule has 116 valence electrons. The van der Waals surface area contributed by atoms with Crippen LogP contribution in [-0.4, -0.2) is 18.5 Å². The van der Waals surface area contributed by atoms with Crippen molar-refractivity contribution in [1.82, 2.24) is 5.32 Å². The Bertz CT molecular complexity index is 470. The minimum Gasteiger partial charge on any atom is -0.385 e. The van der Waals surface area contributed by atoms with Gasteiger partial charge in [0.2, 0.25) is 0 Å². The molecule has 0 radical (unpaired) electrons. The third kappa shape index (κ3) is 4.48. The summed E-state index contributed by atoms with van der Waals surface area (Å²) in [6.45, 7) is 5.33. The van der Waals surface area contributed by atoms with Gasteiger partial charge in [0, 0.05) is 23.8 Å². The number of carbonyl (C=O) groups is 1. The Morgan fingerprint density at radius 1 is 1.33 bits per heavy atom. The number of hydrogen-bond donors (Lipinski definition) is 2. The van der Waals surface area contributed by atoms with E-state index in [9.17, 15) is 4.79 Å². The smallest absolute Gasteiger partial charge is 0.251 e. The van der Waals surface area contributed by atoms with Gasteiger partial charge < -0.3 is 10.6 Å². The first-order valence-electron chi connectivity index (χ1n) is 8.39. The molecule has 0 bridgehead atoms. The fraction of sp³-hybridized carbons (Fsp3) is 0.611. The summed E-state index contributed by atoms with van der Waals surface area (Å²) in [5, 5.41) is 6.54. The molecule has 1 atom stereocenters. The number of amides is 1. The van der Waals surface area contributed by atoms with Crippen LogP contribution in [0.3, 0.4) is 0 Å². The molecule has 1 aromatic carbocycles. The maximum Gasteiger partial charge on any atom is 0.251 e. The van der Waals surface area contributed by atoms with E-state index in [-0.39, 0.29) is 11.9 Å². The van der Waals surface area contributed by atoms with Crippen LogP contribution in [0.25, 0.3) is 0 Å². The van der Waals surface area contributed by atoms with Crippen LogP contribution in [0.15, 0.2) is 18.2 Å². The van der Waals surface area contributed by atoms with Crippen LogP contribution in [0.1, 0.15) is 68.3 Å². The van der Waals surface area contributed by atoms with Gasteiger partial charge in [-0.25, -0.2) is 0 Å². The average molecular weight is 288 g/mol. The van der Waals surface area contributed by atoms with Crippen LogP contribution >= 0.6 is 0 Å². The maximum atomic E-state index is 12.5. The first-order valence-corrected chi connectivity index (χ1v) is 8.39. The molecule has 1 aromatic rings. The lowest BCUT2D eigenvalue weighted by molar-refractivity contribution is 0.0937. The Morgan fingerprint density at radius 2 is 2.19 bits per heavy atom. The highest BCUT2D eigenvalue weighted by atomic mass is 16.1. The molecule has 1 amide bonds. The molecule has 1 aliphatic rings. The molecule has 1 unspecified atom stereocenters. The van der Waals surface area contributed by atoms with E-state index in [0.29, 0.717) is 0 Å². The van der Waals surface area contributed by atoms with Gasteiger partial charge >= 0.3 is 0 Å². The number of anilines is 1. The average Bonchev–Trinajstić information content (AvgIpc) is 2.51. The second-order valence-electron chi connectivity index (χ2n) is 6.09. The summed E-state index contributed by atoms with van der Waals surface area (Å²) >= 11 is 0. The van der Waals surface area contributed by atoms with Crippen molar-refractivity contribution in [3.63, 3.8) is 0 Å². The zero-order valence-electron chi connectivity index (χ0n) is 13.4. The zero-order valence-corrected chi connectivity index (χ0v) is 13.4. The molecular formula is C18H28N2O. The fourth-order valence-corrected chi connectivity index (χ4v) is 2.97. The molecule has 0 spiro atoms. The van der Waals surface area contributed by atoms with Gasteiger partial charge in [-0.3, -0.25) is 4.79 Å². The zero-order chi connectivity index (χ0) is 15.1. The summed E-state index contributed by atoms with van der Waals surface area (Å²) in [7, 11) is 0. The summed E-state index contributed by atoms with van der Waals surface area (Å²) < 4.78 is 0. The number of unbranched alkanes of at least 4 members (excludes halogenated alkanes) is 3. The molecule has 0 saturated carbocycles. The standard InChI is InChI=1S/C18H28N2O/c1-3-4-5-6-9-14(2)20-18(21)16-10-7-12-17-15(16)11-8-13-19-17/h7,10,12,14,19H,3-6,8-9,11,13H2,1-2H3,(H,20,21). The van der Waals surface area contributed by atoms with E-state index < -0.39 is 0 Å². The van der Waals surface area contributed by atoms with E-state index in [0.717, 1.165) is 37.1 Å². The monoisotopic (exact) mass is 288 g/mol. The number of fused-ring (bicyclic) bond motifs is 1. The molecule has 2 rings (SSSR count). The van der Waals surface area contributed by atoms with Crippen LogP contribution in [-0.2, 0) is 6.42 Å². The van der Waals surface area contributed by atoms with E-state index in [1.807, 2.05) is 12.1 Å². The predicted molar refractivity (Wildman–Crippen MR) is 88.9 cm³/mol. The van der Waals surface area contributed by atoms with E-state index in [4.69, 9.17) is 0 Å². The molecule has 1 aliphatic heterocycles. The quantitative estimate of drug-likeness (QED) is 0.741. The number of hydrogen-bond acceptors (Lipinski definition) is 2. The highest BCUT2D eigenvalue weighted by molar-refractivity contribution is 5.97. The van der Waals surface area contributed by atoms with Gasteiger partial charge in [-0.2, -0.15) is 0 Å². The van der Waals surface area contributed by atoms with Crippen LogP contribution in [0.2, 0.25) is 0 Å². The lowest BCUT2D eigenvalue weighted by Gasteiger charge is -2.21. The van der Waals surface area contributed by atoms with Crippen molar-refractivity contribution < 1.29 is 4.79 Å². The summed E-state index contributed by atoms with van der Waals surface area (Å²) in [5.74, 6) is 0.0820. The Labute approximate surface area is 128 Å². The Hall–Kier alpha value is -1.51. The van der Waals surface area contributed by atoms with Crippen molar-refractivity contribution in [3.05, 3.63) is 29.3 Å². The van der Waals surface area contributed by atoms with Gasteiger partial charge in [-0.05, 0) is 43.9 Å². The number of nitrogens with one attached hydrogen (secondary N) is 2. The summed E-state index contributed by atoms with van der Waals surface area (Å²) in [4.78, 5) is 12.5. The second-order valence-corrected chi connectivity index (χ2v) is 6.09. The van der Waals surface area contributed by atoms with Gasteiger partial charge in [0.1, 0.15) is 0 Å². The normalized spacial score (nSPS) is 15.0. The maximum absolute atomic E-state index is 12.5. The molecule has 3 nitrogen and oxygen atoms in total. The molecular weight excluding hydrogens is 260 g/mol. The second kappa shape index (κ2) is 8.06. The summed E-state index contributed by atoms with van der Waals surface area (Å²) in [6.07, 6.45) is 8.17. The third-order valence-electron chi connectivity index (χ3n) is 4.21. The van der Waals surface area contributed by atoms with Crippen LogP contribution < -0.4 is 10.6 Å². The molecule has 0 saturated heterocycles. The number of rotatable bonds is 7. The van der Waals surface area contributed by atoms with Gasteiger partial charge in [0.25, 0.3) is 5.91 Å². The molecule has 2 N–H and O–H groups in total. The first-order chi connectivity index (χ1) is 10.2. The predicted octanol–water partition coefficient (Wildman–Crippen LogP) is 4.13. The molecule has 1 heterocycles. The lowest BCUT2D eigenvalue weighted by atomic mass is 9.97. The summed E-state index contributed by atoms with van der Waals surface area (Å²) in [5.41, 5.74) is 3.16. The molecule has 0 fully saturated rings. The lowest BCUT2D eigenvalue weighted by Crippen LogP contribution is -2.33. The minimum absolute atomic E-state index is 0.0820. The topological polar surface area (TPSA) is 41.1 Å². The van der Waals surface area contributed by atoms with E-state index in [1.54, 1.807) is 0 Å². The first kappa shape index (κ1) is 15.9. The minimum atomic E-state index is 0.0820. The molecule has 21 heavy (non-hydrogen) atoms. The molecule has 0 aromatic heterocycles. The van der Waals surface area contributed by atoms with Crippen molar-refractivity contribution >= 4 is 11.6 Å².